The van der Waals surface area contributed by atoms with Gasteiger partial charge in [-0.15, -0.1) is 0 Å². The third-order valence-electron chi connectivity index (χ3n) is 3.17. The lowest BCUT2D eigenvalue weighted by atomic mass is 10.1. The molecule has 0 saturated carbocycles. The quantitative estimate of drug-likeness (QED) is 0.826. The lowest BCUT2D eigenvalue weighted by Gasteiger charge is -2.16. The third-order valence-corrected chi connectivity index (χ3v) is 3.17. The van der Waals surface area contributed by atoms with Crippen molar-refractivity contribution in [3.63, 3.8) is 0 Å². The first-order valence-electron chi connectivity index (χ1n) is 6.29. The van der Waals surface area contributed by atoms with Crippen molar-refractivity contribution in [2.75, 3.05) is 25.0 Å². The summed E-state index contributed by atoms with van der Waals surface area (Å²) in [5.41, 5.74) is 1.48. The van der Waals surface area contributed by atoms with Crippen molar-refractivity contribution >= 4 is 17.4 Å². The Hall–Kier alpha value is -1.84. The van der Waals surface area contributed by atoms with Crippen LogP contribution in [0.2, 0.25) is 0 Å². The van der Waals surface area contributed by atoms with Crippen LogP contribution in [0.5, 0.6) is 0 Å². The van der Waals surface area contributed by atoms with E-state index in [1.165, 1.54) is 6.92 Å². The maximum Gasteiger partial charge on any atom is 0.241 e. The van der Waals surface area contributed by atoms with Gasteiger partial charge in [-0.2, -0.15) is 0 Å². The lowest BCUT2D eigenvalue weighted by molar-refractivity contribution is -0.128. The smallest absolute Gasteiger partial charge is 0.241 e. The second-order valence-electron chi connectivity index (χ2n) is 4.58. The zero-order valence-corrected chi connectivity index (χ0v) is 10.6. The summed E-state index contributed by atoms with van der Waals surface area (Å²) in [7, 11) is 0. The Labute approximate surface area is 107 Å². The van der Waals surface area contributed by atoms with Crippen LogP contribution in [0.25, 0.3) is 0 Å². The van der Waals surface area contributed by atoms with E-state index in [4.69, 9.17) is 0 Å². The van der Waals surface area contributed by atoms with Gasteiger partial charge in [-0.05, 0) is 31.9 Å². The van der Waals surface area contributed by atoms with Gasteiger partial charge in [-0.1, -0.05) is 12.1 Å². The summed E-state index contributed by atoms with van der Waals surface area (Å²) >= 11 is 0. The Morgan fingerprint density at radius 3 is 2.67 bits per heavy atom. The molecule has 4 heteroatoms. The second-order valence-corrected chi connectivity index (χ2v) is 4.58. The SMILES string of the molecule is CC(=O)c1cccc(NCC(=O)N2CCCC2)c1. The Balaban J connectivity index is 1.91. The van der Waals surface area contributed by atoms with Gasteiger partial charge in [0.1, 0.15) is 0 Å². The van der Waals surface area contributed by atoms with Gasteiger partial charge < -0.3 is 10.2 Å². The fraction of sp³-hybridized carbons (Fsp3) is 0.429. The van der Waals surface area contributed by atoms with Crippen LogP contribution in [-0.2, 0) is 4.79 Å². The molecule has 1 aliphatic rings. The molecule has 1 N–H and O–H groups in total. The molecular weight excluding hydrogens is 228 g/mol. The first-order valence-corrected chi connectivity index (χ1v) is 6.29. The standard InChI is InChI=1S/C14H18N2O2/c1-11(17)12-5-4-6-13(9-12)15-10-14(18)16-7-2-3-8-16/h4-6,9,15H,2-3,7-8,10H2,1H3. The summed E-state index contributed by atoms with van der Waals surface area (Å²) in [4.78, 5) is 25.0. The Morgan fingerprint density at radius 1 is 1.28 bits per heavy atom. The van der Waals surface area contributed by atoms with E-state index in [1.54, 1.807) is 12.1 Å². The van der Waals surface area contributed by atoms with E-state index in [2.05, 4.69) is 5.32 Å². The second kappa shape index (κ2) is 5.67. The highest BCUT2D eigenvalue weighted by molar-refractivity contribution is 5.95. The number of Topliss-reactive ketones (excluding diaryl/α,β-unsaturated/α-hetero) is 1. The van der Waals surface area contributed by atoms with E-state index >= 15 is 0 Å². The van der Waals surface area contributed by atoms with Crippen LogP contribution >= 0.6 is 0 Å². The van der Waals surface area contributed by atoms with Gasteiger partial charge in [-0.3, -0.25) is 9.59 Å². The molecule has 0 unspecified atom stereocenters. The molecule has 1 heterocycles. The lowest BCUT2D eigenvalue weighted by Crippen LogP contribution is -2.32. The number of anilines is 1. The molecule has 1 fully saturated rings. The summed E-state index contributed by atoms with van der Waals surface area (Å²) in [5, 5.41) is 3.07. The maximum absolute atomic E-state index is 11.8. The van der Waals surface area contributed by atoms with Crippen LogP contribution in [0.4, 0.5) is 5.69 Å². The highest BCUT2D eigenvalue weighted by atomic mass is 16.2. The van der Waals surface area contributed by atoms with Gasteiger partial charge in [0.25, 0.3) is 0 Å². The molecule has 0 atom stereocenters. The fourth-order valence-corrected chi connectivity index (χ4v) is 2.10. The van der Waals surface area contributed by atoms with Crippen LogP contribution in [-0.4, -0.2) is 36.2 Å². The molecule has 0 aliphatic carbocycles. The molecule has 96 valence electrons. The number of amides is 1. The molecule has 1 aromatic carbocycles. The van der Waals surface area contributed by atoms with Crippen LogP contribution in [0.1, 0.15) is 30.1 Å². The molecule has 1 aromatic rings. The van der Waals surface area contributed by atoms with Crippen molar-refractivity contribution in [2.24, 2.45) is 0 Å². The van der Waals surface area contributed by atoms with E-state index in [0.29, 0.717) is 12.1 Å². The number of nitrogens with one attached hydrogen (secondary N) is 1. The number of carbonyl (C=O) groups excluding carboxylic acids is 2. The molecule has 1 saturated heterocycles. The van der Waals surface area contributed by atoms with Crippen molar-refractivity contribution in [1.29, 1.82) is 0 Å². The number of nitrogens with zero attached hydrogens (tertiary/aromatic N) is 1. The van der Waals surface area contributed by atoms with Gasteiger partial charge >= 0.3 is 0 Å². The Bertz CT molecular complexity index is 451. The molecule has 0 spiro atoms. The Morgan fingerprint density at radius 2 is 2.00 bits per heavy atom. The highest BCUT2D eigenvalue weighted by Crippen LogP contribution is 2.12. The Kier molecular flexibility index (Phi) is 3.97. The number of rotatable bonds is 4. The molecule has 4 nitrogen and oxygen atoms in total. The van der Waals surface area contributed by atoms with Crippen LogP contribution in [0, 0.1) is 0 Å². The zero-order chi connectivity index (χ0) is 13.0. The molecule has 0 aromatic heterocycles. The number of ketones is 1. The van der Waals surface area contributed by atoms with E-state index in [0.717, 1.165) is 31.6 Å². The van der Waals surface area contributed by atoms with Crippen molar-refractivity contribution in [3.8, 4) is 0 Å². The largest absolute Gasteiger partial charge is 0.376 e. The van der Waals surface area contributed by atoms with Gasteiger partial charge in [-0.25, -0.2) is 0 Å². The monoisotopic (exact) mass is 246 g/mol. The fourth-order valence-electron chi connectivity index (χ4n) is 2.10. The molecular formula is C14H18N2O2. The first-order chi connectivity index (χ1) is 8.66. The van der Waals surface area contributed by atoms with Crippen molar-refractivity contribution in [3.05, 3.63) is 29.8 Å². The molecule has 1 amide bonds. The zero-order valence-electron chi connectivity index (χ0n) is 10.6. The van der Waals surface area contributed by atoms with E-state index in [1.807, 2.05) is 17.0 Å². The van der Waals surface area contributed by atoms with Gasteiger partial charge in [0.05, 0.1) is 6.54 Å². The molecule has 0 bridgehead atoms. The molecule has 2 rings (SSSR count). The minimum atomic E-state index is 0.0320. The predicted octanol–water partition coefficient (Wildman–Crippen LogP) is 1.92. The molecule has 0 radical (unpaired) electrons. The summed E-state index contributed by atoms with van der Waals surface area (Å²) in [6.45, 7) is 3.57. The number of hydrogen-bond donors (Lipinski definition) is 1. The van der Waals surface area contributed by atoms with Gasteiger partial charge in [0.15, 0.2) is 5.78 Å². The van der Waals surface area contributed by atoms with Crippen molar-refractivity contribution < 1.29 is 9.59 Å². The average Bonchev–Trinajstić information content (AvgIpc) is 2.90. The number of hydrogen-bond acceptors (Lipinski definition) is 3. The normalized spacial score (nSPS) is 14.6. The molecule has 1 aliphatic heterocycles. The minimum Gasteiger partial charge on any atom is -0.376 e. The topological polar surface area (TPSA) is 49.4 Å². The summed E-state index contributed by atoms with van der Waals surface area (Å²) in [5.74, 6) is 0.158. The average molecular weight is 246 g/mol. The van der Waals surface area contributed by atoms with Gasteiger partial charge in [0, 0.05) is 24.3 Å². The van der Waals surface area contributed by atoms with Crippen LogP contribution in [0.3, 0.4) is 0 Å². The number of likely N-dealkylation sites (tertiary alicyclic amines) is 1. The summed E-state index contributed by atoms with van der Waals surface area (Å²) in [6.07, 6.45) is 2.21. The first kappa shape index (κ1) is 12.6. The van der Waals surface area contributed by atoms with E-state index in [-0.39, 0.29) is 11.7 Å². The molecule has 18 heavy (non-hydrogen) atoms. The summed E-state index contributed by atoms with van der Waals surface area (Å²) < 4.78 is 0. The number of benzene rings is 1. The van der Waals surface area contributed by atoms with E-state index < -0.39 is 0 Å². The predicted molar refractivity (Wildman–Crippen MR) is 70.8 cm³/mol. The van der Waals surface area contributed by atoms with Gasteiger partial charge in [0.2, 0.25) is 5.91 Å². The third kappa shape index (κ3) is 3.09. The van der Waals surface area contributed by atoms with Crippen LogP contribution < -0.4 is 5.32 Å². The van der Waals surface area contributed by atoms with Crippen molar-refractivity contribution in [1.82, 2.24) is 4.90 Å². The van der Waals surface area contributed by atoms with Crippen LogP contribution in [0.15, 0.2) is 24.3 Å². The highest BCUT2D eigenvalue weighted by Gasteiger charge is 2.17. The van der Waals surface area contributed by atoms with E-state index in [9.17, 15) is 9.59 Å². The minimum absolute atomic E-state index is 0.0320. The number of carbonyl (C=O) groups is 2. The summed E-state index contributed by atoms with van der Waals surface area (Å²) in [6, 6.07) is 7.23. The maximum atomic E-state index is 11.8. The van der Waals surface area contributed by atoms with Crippen molar-refractivity contribution in [2.45, 2.75) is 19.8 Å².